The maximum absolute atomic E-state index is 2.44. The zero-order valence-corrected chi connectivity index (χ0v) is 30.7. The summed E-state index contributed by atoms with van der Waals surface area (Å²) >= 11 is 0. The Balaban J connectivity index is 1.35. The third-order valence-electron chi connectivity index (χ3n) is 9.09. The van der Waals surface area contributed by atoms with E-state index in [1.165, 1.54) is 77.9 Å². The number of hydrogen-bond donors (Lipinski definition) is 0. The molecule has 2 atom stereocenters. The first kappa shape index (κ1) is 33.9. The molecule has 0 aliphatic heterocycles. The third kappa shape index (κ3) is 8.17. The zero-order chi connectivity index (χ0) is 33.6. The Morgan fingerprint density at radius 1 is 0.354 bits per heavy atom. The lowest BCUT2D eigenvalue weighted by molar-refractivity contribution is 0.894. The quantitative estimate of drug-likeness (QED) is 0.127. The van der Waals surface area contributed by atoms with Gasteiger partial charge in [0.05, 0.1) is 0 Å². The molecule has 0 amide bonds. The Hall–Kier alpha value is -3.98. The first-order valence-corrected chi connectivity index (χ1v) is 19.5. The molecule has 0 saturated heterocycles. The summed E-state index contributed by atoms with van der Waals surface area (Å²) in [6.45, 7) is 13.4. The van der Waals surface area contributed by atoms with Gasteiger partial charge < -0.3 is 0 Å². The molecule has 6 aromatic carbocycles. The van der Waals surface area contributed by atoms with Gasteiger partial charge in [-0.3, -0.25) is 0 Å². The number of benzene rings is 6. The molecule has 0 nitrogen and oxygen atoms in total. The van der Waals surface area contributed by atoms with E-state index in [1.807, 2.05) is 21.6 Å². The summed E-state index contributed by atoms with van der Waals surface area (Å²) in [4.78, 5) is 0. The molecule has 0 radical (unpaired) electrons. The monoisotopic (exact) mass is 662 g/mol. The molecule has 0 N–H and O–H groups in total. The molecule has 0 bridgehead atoms. The summed E-state index contributed by atoms with van der Waals surface area (Å²) < 4.78 is 0. The van der Waals surface area contributed by atoms with Crippen LogP contribution in [0.25, 0.3) is 44.5 Å². The van der Waals surface area contributed by atoms with Gasteiger partial charge >= 0.3 is 0 Å². The van der Waals surface area contributed by atoms with Crippen LogP contribution >= 0.6 is 21.6 Å². The zero-order valence-electron chi connectivity index (χ0n) is 29.1. The lowest BCUT2D eigenvalue weighted by Crippen LogP contribution is -1.97. The van der Waals surface area contributed by atoms with E-state index in [0.29, 0.717) is 10.5 Å². The van der Waals surface area contributed by atoms with E-state index in [1.54, 1.807) is 0 Å². The predicted molar refractivity (Wildman–Crippen MR) is 215 cm³/mol. The van der Waals surface area contributed by atoms with Crippen molar-refractivity contribution in [1.29, 1.82) is 0 Å². The maximum Gasteiger partial charge on any atom is 0.0399 e. The van der Waals surface area contributed by atoms with Crippen molar-refractivity contribution in [2.75, 3.05) is 0 Å². The Morgan fingerprint density at radius 3 is 0.854 bits per heavy atom. The number of rotatable bonds is 11. The average Bonchev–Trinajstić information content (AvgIpc) is 3.10. The van der Waals surface area contributed by atoms with Crippen LogP contribution in [0.15, 0.2) is 133 Å². The Labute approximate surface area is 296 Å². The van der Waals surface area contributed by atoms with Crippen molar-refractivity contribution in [3.05, 3.63) is 167 Å². The fourth-order valence-corrected chi connectivity index (χ4v) is 9.82. The van der Waals surface area contributed by atoms with Crippen molar-refractivity contribution in [2.24, 2.45) is 0 Å². The topological polar surface area (TPSA) is 0 Å². The molecule has 0 fully saturated rings. The van der Waals surface area contributed by atoms with E-state index in [9.17, 15) is 0 Å². The molecule has 6 rings (SSSR count). The van der Waals surface area contributed by atoms with Gasteiger partial charge in [-0.05, 0) is 133 Å². The van der Waals surface area contributed by atoms with Crippen LogP contribution in [0.2, 0.25) is 0 Å². The fraction of sp³-hybridized carbons (Fsp3) is 0.217. The van der Waals surface area contributed by atoms with Crippen LogP contribution in [0.5, 0.6) is 0 Å². The second-order valence-electron chi connectivity index (χ2n) is 13.2. The summed E-state index contributed by atoms with van der Waals surface area (Å²) in [5.74, 6) is 0. The lowest BCUT2D eigenvalue weighted by atomic mass is 9.93. The van der Waals surface area contributed by atoms with Crippen LogP contribution in [0.1, 0.15) is 70.6 Å². The highest BCUT2D eigenvalue weighted by molar-refractivity contribution is 8.76. The van der Waals surface area contributed by atoms with E-state index >= 15 is 0 Å². The molecule has 2 heteroatoms. The van der Waals surface area contributed by atoms with Crippen LogP contribution in [0.3, 0.4) is 0 Å². The van der Waals surface area contributed by atoms with Gasteiger partial charge in [0.2, 0.25) is 0 Å². The molecule has 0 unspecified atom stereocenters. The van der Waals surface area contributed by atoms with Crippen molar-refractivity contribution in [1.82, 2.24) is 0 Å². The maximum atomic E-state index is 2.44. The second kappa shape index (κ2) is 15.5. The smallest absolute Gasteiger partial charge is 0.0399 e. The highest BCUT2D eigenvalue weighted by Gasteiger charge is 2.20. The van der Waals surface area contributed by atoms with Gasteiger partial charge in [-0.25, -0.2) is 0 Å². The van der Waals surface area contributed by atoms with Crippen LogP contribution < -0.4 is 0 Å². The van der Waals surface area contributed by atoms with Crippen molar-refractivity contribution < 1.29 is 0 Å². The highest BCUT2D eigenvalue weighted by atomic mass is 33.1. The van der Waals surface area contributed by atoms with Crippen molar-refractivity contribution >= 4 is 21.6 Å². The van der Waals surface area contributed by atoms with Gasteiger partial charge in [-0.1, -0.05) is 155 Å². The number of hydrogen-bond acceptors (Lipinski definition) is 2. The van der Waals surface area contributed by atoms with E-state index in [2.05, 4.69) is 175 Å². The lowest BCUT2D eigenvalue weighted by Gasteiger charge is -2.22. The van der Waals surface area contributed by atoms with Crippen molar-refractivity contribution in [3.8, 4) is 44.5 Å². The van der Waals surface area contributed by atoms with Gasteiger partial charge in [0.25, 0.3) is 0 Å². The molecule has 6 aromatic rings. The molecule has 0 heterocycles. The molecule has 0 aliphatic carbocycles. The number of aryl methyl sites for hydroxylation is 4. The van der Waals surface area contributed by atoms with E-state index in [4.69, 9.17) is 0 Å². The minimum absolute atomic E-state index is 0.369. The highest BCUT2D eigenvalue weighted by Crippen LogP contribution is 2.50. The van der Waals surface area contributed by atoms with E-state index in [-0.39, 0.29) is 0 Å². The summed E-state index contributed by atoms with van der Waals surface area (Å²) in [7, 11) is 4.08. The molecule has 48 heavy (non-hydrogen) atoms. The average molecular weight is 663 g/mol. The van der Waals surface area contributed by atoms with Crippen molar-refractivity contribution in [3.63, 3.8) is 0 Å². The minimum Gasteiger partial charge on any atom is -0.0853 e. The first-order chi connectivity index (χ1) is 23.3. The Kier molecular flexibility index (Phi) is 10.9. The summed E-state index contributed by atoms with van der Waals surface area (Å²) in [5.41, 5.74) is 18.2. The molecular formula is C46H46S2. The van der Waals surface area contributed by atoms with Gasteiger partial charge in [-0.2, -0.15) is 0 Å². The summed E-state index contributed by atoms with van der Waals surface area (Å²) in [5, 5.41) is 0.738. The molecule has 0 aliphatic rings. The van der Waals surface area contributed by atoms with Gasteiger partial charge in [0.15, 0.2) is 0 Å². The first-order valence-electron chi connectivity index (χ1n) is 17.2. The summed E-state index contributed by atoms with van der Waals surface area (Å²) in [6.07, 6.45) is 2.13. The Bertz CT molecular complexity index is 1750. The van der Waals surface area contributed by atoms with Gasteiger partial charge in [0.1, 0.15) is 0 Å². The molecule has 0 aromatic heterocycles. The SMILES string of the molecule is CC[C@@H](SS[C@H](CC)c1cc(-c2cccc(C)c2)cc(-c2cccc(C)c2)c1)c1cc(-c2cccc(C)c2)cc(-c2cccc(C)c2)c1. The van der Waals surface area contributed by atoms with Crippen LogP contribution in [0, 0.1) is 27.7 Å². The predicted octanol–water partition coefficient (Wildman–Crippen LogP) is 14.6. The normalized spacial score (nSPS) is 12.5. The van der Waals surface area contributed by atoms with Gasteiger partial charge in [-0.15, -0.1) is 0 Å². The molecule has 242 valence electrons. The second-order valence-corrected chi connectivity index (χ2v) is 15.8. The van der Waals surface area contributed by atoms with Gasteiger partial charge in [0, 0.05) is 10.5 Å². The van der Waals surface area contributed by atoms with E-state index < -0.39 is 0 Å². The largest absolute Gasteiger partial charge is 0.0853 e. The summed E-state index contributed by atoms with van der Waals surface area (Å²) in [6, 6.07) is 50.1. The van der Waals surface area contributed by atoms with Crippen LogP contribution in [0.4, 0.5) is 0 Å². The van der Waals surface area contributed by atoms with Crippen molar-refractivity contribution in [2.45, 2.75) is 64.9 Å². The third-order valence-corrected chi connectivity index (χ3v) is 12.6. The van der Waals surface area contributed by atoms with Crippen LogP contribution in [-0.4, -0.2) is 0 Å². The molecule has 0 spiro atoms. The molecular weight excluding hydrogens is 617 g/mol. The fourth-order valence-electron chi connectivity index (χ4n) is 6.49. The molecule has 0 saturated carbocycles. The Morgan fingerprint density at radius 2 is 0.625 bits per heavy atom. The minimum atomic E-state index is 0.369. The van der Waals surface area contributed by atoms with E-state index in [0.717, 1.165) is 12.8 Å². The van der Waals surface area contributed by atoms with Crippen LogP contribution in [-0.2, 0) is 0 Å². The standard InChI is InChI=1S/C46H46S2/c1-7-45(43-27-39(35-17-9-13-31(3)21-35)25-40(28-43)36-18-10-14-32(4)22-36)47-48-46(8-2)44-29-41(37-19-11-15-33(5)23-37)26-42(30-44)38-20-12-16-34(6)24-38/h9-30,45-46H,7-8H2,1-6H3/t45-,46-/m1/s1.